The minimum Gasteiger partial charge on any atom is -0.457 e. The molecule has 0 aliphatic carbocycles. The van der Waals surface area contributed by atoms with Gasteiger partial charge < -0.3 is 20.7 Å². The molecule has 1 atom stereocenters. The fourth-order valence-corrected chi connectivity index (χ4v) is 5.58. The molecule has 3 heterocycles. The van der Waals surface area contributed by atoms with Crippen LogP contribution in [0.4, 0.5) is 5.82 Å². The van der Waals surface area contributed by atoms with Crippen LogP contribution in [-0.4, -0.2) is 46.1 Å². The molecule has 3 aromatic rings. The molecule has 1 aromatic heterocycles. The average molecular weight is 488 g/mol. The van der Waals surface area contributed by atoms with Crippen LogP contribution in [0.1, 0.15) is 49.9 Å². The number of carbonyl (C=O) groups excluding carboxylic acids is 2. The normalized spacial score (nSPS) is 19.9. The number of hydrogen-bond acceptors (Lipinski definition) is 5. The number of benzene rings is 2. The molecule has 1 fully saturated rings. The Morgan fingerprint density at radius 1 is 1.08 bits per heavy atom. The molecule has 1 unspecified atom stereocenters. The molecular weight excluding hydrogens is 454 g/mol. The van der Waals surface area contributed by atoms with Gasteiger partial charge in [-0.2, -0.15) is 5.10 Å². The quantitative estimate of drug-likeness (QED) is 0.528. The summed E-state index contributed by atoms with van der Waals surface area (Å²) in [5.74, 6) is 2.19. The van der Waals surface area contributed by atoms with Gasteiger partial charge in [-0.15, -0.1) is 0 Å². The number of nitrogens with zero attached hydrogens (tertiary/aromatic N) is 3. The first-order valence-corrected chi connectivity index (χ1v) is 12.7. The number of anilines is 1. The van der Waals surface area contributed by atoms with Crippen LogP contribution < -0.4 is 15.8 Å². The van der Waals surface area contributed by atoms with E-state index in [1.54, 1.807) is 0 Å². The zero-order valence-corrected chi connectivity index (χ0v) is 20.9. The van der Waals surface area contributed by atoms with Gasteiger partial charge >= 0.3 is 0 Å². The number of amides is 2. The van der Waals surface area contributed by atoms with Crippen molar-refractivity contribution in [1.29, 1.82) is 0 Å². The first-order chi connectivity index (χ1) is 17.4. The first-order valence-electron chi connectivity index (χ1n) is 12.7. The topological polar surface area (TPSA) is 102 Å². The molecule has 3 N–H and O–H groups in total. The molecule has 5 rings (SSSR count). The summed E-state index contributed by atoms with van der Waals surface area (Å²) in [5.41, 5.74) is 7.40. The summed E-state index contributed by atoms with van der Waals surface area (Å²) in [6, 6.07) is 17.2. The van der Waals surface area contributed by atoms with Crippen LogP contribution in [0.3, 0.4) is 0 Å². The molecular formula is C28H33N5O3. The maximum absolute atomic E-state index is 12.6. The van der Waals surface area contributed by atoms with Crippen molar-refractivity contribution in [2.45, 2.75) is 45.1 Å². The predicted molar refractivity (Wildman–Crippen MR) is 139 cm³/mol. The third-order valence-electron chi connectivity index (χ3n) is 7.68. The molecule has 8 nitrogen and oxygen atoms in total. The van der Waals surface area contributed by atoms with Crippen molar-refractivity contribution in [2.24, 2.45) is 11.7 Å². The maximum atomic E-state index is 12.6. The third kappa shape index (κ3) is 4.32. The maximum Gasteiger partial charge on any atom is 0.254 e. The van der Waals surface area contributed by atoms with Crippen LogP contribution in [0, 0.1) is 5.92 Å². The number of piperidine rings is 1. The molecule has 0 spiro atoms. The monoisotopic (exact) mass is 487 g/mol. The number of ether oxygens (including phenoxy) is 1. The summed E-state index contributed by atoms with van der Waals surface area (Å²) in [4.78, 5) is 26.8. The highest BCUT2D eigenvalue weighted by Crippen LogP contribution is 2.44. The van der Waals surface area contributed by atoms with Crippen LogP contribution in [0.15, 0.2) is 54.6 Å². The molecule has 2 amide bonds. The fraction of sp³-hybridized carbons (Fsp3) is 0.393. The standard InChI is InChI=1S/C28H33N5O3/c1-3-23(34)32-17-13-20(14-18-32)28(2)15-16-30-27-24(26(29)35)25(31-33(27)28)19-9-11-22(12-10-19)36-21-7-5-4-6-8-21/h4-12,20,30H,3,13-18H2,1-2H3,(H2,29,35). The van der Waals surface area contributed by atoms with Gasteiger partial charge in [0, 0.05) is 31.6 Å². The summed E-state index contributed by atoms with van der Waals surface area (Å²) in [6.07, 6.45) is 3.24. The Morgan fingerprint density at radius 3 is 2.39 bits per heavy atom. The molecule has 0 bridgehead atoms. The van der Waals surface area contributed by atoms with E-state index in [1.165, 1.54) is 0 Å². The van der Waals surface area contributed by atoms with Crippen molar-refractivity contribution in [1.82, 2.24) is 14.7 Å². The lowest BCUT2D eigenvalue weighted by Crippen LogP contribution is -2.49. The van der Waals surface area contributed by atoms with Gasteiger partial charge in [0.05, 0.1) is 5.54 Å². The molecule has 2 aromatic carbocycles. The van der Waals surface area contributed by atoms with Crippen molar-refractivity contribution >= 4 is 17.6 Å². The first kappa shape index (κ1) is 23.9. The Labute approximate surface area is 211 Å². The zero-order chi connectivity index (χ0) is 25.3. The number of primary amides is 1. The van der Waals surface area contributed by atoms with Crippen molar-refractivity contribution in [3.8, 4) is 22.8 Å². The van der Waals surface area contributed by atoms with E-state index < -0.39 is 5.91 Å². The van der Waals surface area contributed by atoms with Crippen molar-refractivity contribution < 1.29 is 14.3 Å². The van der Waals surface area contributed by atoms with Crippen LogP contribution >= 0.6 is 0 Å². The van der Waals surface area contributed by atoms with Gasteiger partial charge in [-0.05, 0) is 68.5 Å². The lowest BCUT2D eigenvalue weighted by molar-refractivity contribution is -0.132. The van der Waals surface area contributed by atoms with E-state index >= 15 is 0 Å². The van der Waals surface area contributed by atoms with E-state index in [9.17, 15) is 9.59 Å². The zero-order valence-electron chi connectivity index (χ0n) is 20.9. The second kappa shape index (κ2) is 9.68. The number of rotatable bonds is 6. The summed E-state index contributed by atoms with van der Waals surface area (Å²) in [6.45, 7) is 6.38. The van der Waals surface area contributed by atoms with Crippen LogP contribution in [-0.2, 0) is 10.3 Å². The molecule has 1 saturated heterocycles. The fourth-order valence-electron chi connectivity index (χ4n) is 5.58. The Kier molecular flexibility index (Phi) is 6.43. The minimum atomic E-state index is -0.504. The number of likely N-dealkylation sites (tertiary alicyclic amines) is 1. The number of aromatic nitrogens is 2. The van der Waals surface area contributed by atoms with E-state index in [2.05, 4.69) is 12.2 Å². The SMILES string of the molecule is CCC(=O)N1CCC(C2(C)CCNc3c(C(N)=O)c(-c4ccc(Oc5ccccc5)cc4)nn32)CC1. The molecule has 36 heavy (non-hydrogen) atoms. The molecule has 8 heteroatoms. The molecule has 0 saturated carbocycles. The van der Waals surface area contributed by atoms with E-state index in [1.807, 2.05) is 71.1 Å². The molecule has 2 aliphatic rings. The lowest BCUT2D eigenvalue weighted by Gasteiger charge is -2.45. The van der Waals surface area contributed by atoms with E-state index in [0.717, 1.165) is 50.2 Å². The van der Waals surface area contributed by atoms with Crippen LogP contribution in [0.2, 0.25) is 0 Å². The molecule has 2 aliphatic heterocycles. The Morgan fingerprint density at radius 2 is 1.75 bits per heavy atom. The number of nitrogens with one attached hydrogen (secondary N) is 1. The Balaban J connectivity index is 1.45. The minimum absolute atomic E-state index is 0.210. The number of para-hydroxylation sites is 1. The van der Waals surface area contributed by atoms with E-state index in [-0.39, 0.29) is 11.4 Å². The van der Waals surface area contributed by atoms with E-state index in [0.29, 0.717) is 35.2 Å². The second-order valence-electron chi connectivity index (χ2n) is 9.83. The highest BCUT2D eigenvalue weighted by molar-refractivity contribution is 6.04. The van der Waals surface area contributed by atoms with Gasteiger partial charge in [0.1, 0.15) is 28.6 Å². The number of fused-ring (bicyclic) bond motifs is 1. The van der Waals surface area contributed by atoms with Crippen LogP contribution in [0.5, 0.6) is 11.5 Å². The van der Waals surface area contributed by atoms with Crippen molar-refractivity contribution in [3.63, 3.8) is 0 Å². The van der Waals surface area contributed by atoms with Gasteiger partial charge in [-0.25, -0.2) is 4.68 Å². The highest BCUT2D eigenvalue weighted by atomic mass is 16.5. The average Bonchev–Trinajstić information content (AvgIpc) is 3.31. The van der Waals surface area contributed by atoms with Gasteiger partial charge in [0.2, 0.25) is 5.91 Å². The smallest absolute Gasteiger partial charge is 0.254 e. The largest absolute Gasteiger partial charge is 0.457 e. The van der Waals surface area contributed by atoms with Gasteiger partial charge in [-0.1, -0.05) is 25.1 Å². The number of carbonyl (C=O) groups is 2. The number of nitrogens with two attached hydrogens (primary N) is 1. The lowest BCUT2D eigenvalue weighted by atomic mass is 9.76. The molecule has 0 radical (unpaired) electrons. The number of hydrogen-bond donors (Lipinski definition) is 2. The second-order valence-corrected chi connectivity index (χ2v) is 9.83. The molecule has 188 valence electrons. The summed E-state index contributed by atoms with van der Waals surface area (Å²) >= 11 is 0. The summed E-state index contributed by atoms with van der Waals surface area (Å²) in [7, 11) is 0. The van der Waals surface area contributed by atoms with Gasteiger partial charge in [0.15, 0.2) is 0 Å². The van der Waals surface area contributed by atoms with Gasteiger partial charge in [-0.3, -0.25) is 9.59 Å². The summed E-state index contributed by atoms with van der Waals surface area (Å²) in [5, 5.41) is 8.37. The summed E-state index contributed by atoms with van der Waals surface area (Å²) < 4.78 is 7.90. The Bertz CT molecular complexity index is 1250. The predicted octanol–water partition coefficient (Wildman–Crippen LogP) is 4.62. The van der Waals surface area contributed by atoms with Crippen molar-refractivity contribution in [3.05, 3.63) is 60.2 Å². The Hall–Kier alpha value is -3.81. The van der Waals surface area contributed by atoms with Crippen molar-refractivity contribution in [2.75, 3.05) is 25.0 Å². The van der Waals surface area contributed by atoms with Gasteiger partial charge in [0.25, 0.3) is 5.91 Å². The third-order valence-corrected chi connectivity index (χ3v) is 7.68. The van der Waals surface area contributed by atoms with Crippen LogP contribution in [0.25, 0.3) is 11.3 Å². The van der Waals surface area contributed by atoms with E-state index in [4.69, 9.17) is 15.6 Å². The highest BCUT2D eigenvalue weighted by Gasteiger charge is 2.44.